The first-order valence-electron chi connectivity index (χ1n) is 13.2. The molecule has 2 unspecified atom stereocenters. The molecule has 40 heavy (non-hydrogen) atoms. The third kappa shape index (κ3) is 4.22. The smallest absolute Gasteiger partial charge is 0.164 e. The van der Waals surface area contributed by atoms with E-state index in [1.165, 1.54) is 24.0 Å². The Morgan fingerprint density at radius 2 is 1.75 bits per heavy atom. The van der Waals surface area contributed by atoms with Crippen molar-refractivity contribution in [2.45, 2.75) is 38.6 Å². The average molecular weight is 534 g/mol. The minimum atomic E-state index is -0.659. The molecule has 5 aromatic rings. The molecule has 0 radical (unpaired) electrons. The molecule has 3 heterocycles. The van der Waals surface area contributed by atoms with Gasteiger partial charge in [0.25, 0.3) is 0 Å². The minimum Gasteiger partial charge on any atom is -0.459 e. The monoisotopic (exact) mass is 533 g/mol. The molecule has 1 aliphatic heterocycles. The summed E-state index contributed by atoms with van der Waals surface area (Å²) in [5.41, 5.74) is 11.5. The second-order valence-corrected chi connectivity index (χ2v) is 10.2. The summed E-state index contributed by atoms with van der Waals surface area (Å²) < 4.78 is 22.7. The molecule has 7 nitrogen and oxygen atoms in total. The van der Waals surface area contributed by atoms with Crippen molar-refractivity contribution < 1.29 is 13.9 Å². The van der Waals surface area contributed by atoms with Crippen molar-refractivity contribution in [1.29, 1.82) is 0 Å². The molecule has 2 N–H and O–H groups in total. The summed E-state index contributed by atoms with van der Waals surface area (Å²) in [7, 11) is 0. The number of rotatable bonds is 6. The lowest BCUT2D eigenvalue weighted by Crippen LogP contribution is -2.23. The number of anilines is 1. The van der Waals surface area contributed by atoms with E-state index in [0.29, 0.717) is 51.1 Å². The second-order valence-electron chi connectivity index (χ2n) is 10.2. The third-order valence-corrected chi connectivity index (χ3v) is 7.41. The minimum absolute atomic E-state index is 0.313. The van der Waals surface area contributed by atoms with Gasteiger partial charge in [0.15, 0.2) is 5.65 Å². The molecule has 0 bridgehead atoms. The van der Waals surface area contributed by atoms with Gasteiger partial charge in [-0.05, 0) is 48.2 Å². The molecule has 0 amide bonds. The quantitative estimate of drug-likeness (QED) is 0.245. The molecule has 2 aromatic heterocycles. The van der Waals surface area contributed by atoms with Crippen molar-refractivity contribution in [3.63, 3.8) is 0 Å². The van der Waals surface area contributed by atoms with Crippen LogP contribution in [0.25, 0.3) is 27.9 Å². The van der Waals surface area contributed by atoms with E-state index in [9.17, 15) is 9.18 Å². The van der Waals surface area contributed by atoms with Crippen molar-refractivity contribution in [3.05, 3.63) is 107 Å². The number of carbonyl (C=O) groups is 1. The van der Waals surface area contributed by atoms with Crippen LogP contribution in [0.4, 0.5) is 10.2 Å². The molecule has 2 atom stereocenters. The van der Waals surface area contributed by atoms with Gasteiger partial charge in [0.05, 0.1) is 11.3 Å². The van der Waals surface area contributed by atoms with Crippen LogP contribution in [-0.4, -0.2) is 26.0 Å². The summed E-state index contributed by atoms with van der Waals surface area (Å²) in [6, 6.07) is 21.2. The fraction of sp³-hybridized carbons (Fsp3) is 0.188. The van der Waals surface area contributed by atoms with Crippen molar-refractivity contribution in [2.75, 3.05) is 5.73 Å². The molecule has 0 saturated heterocycles. The summed E-state index contributed by atoms with van der Waals surface area (Å²) in [6.45, 7) is 6.19. The maximum absolute atomic E-state index is 14.4. The van der Waals surface area contributed by atoms with Crippen molar-refractivity contribution in [2.24, 2.45) is 0 Å². The Morgan fingerprint density at radius 1 is 0.975 bits per heavy atom. The van der Waals surface area contributed by atoms with Gasteiger partial charge in [0, 0.05) is 16.7 Å². The number of nitrogen functional groups attached to an aromatic ring is 1. The molecule has 1 aliphatic rings. The number of benzene rings is 3. The number of allylic oxidation sites excluding steroid dienone is 2. The van der Waals surface area contributed by atoms with E-state index in [0.717, 1.165) is 17.4 Å². The van der Waals surface area contributed by atoms with Crippen LogP contribution >= 0.6 is 0 Å². The molecule has 6 rings (SSSR count). The highest BCUT2D eigenvalue weighted by Crippen LogP contribution is 2.46. The zero-order chi connectivity index (χ0) is 28.0. The SMILES string of the molecule is CC(C)c1cccc(-c2nn(C(C)C3=C(c4cccc(F)c4)C(C=O)c4ccccc4O3)c3ncnc(N)c23)c1. The zero-order valence-electron chi connectivity index (χ0n) is 22.4. The summed E-state index contributed by atoms with van der Waals surface area (Å²) in [4.78, 5) is 21.4. The maximum Gasteiger partial charge on any atom is 0.164 e. The topological polar surface area (TPSA) is 95.9 Å². The number of carbonyl (C=O) groups excluding carboxylic acids is 1. The number of aromatic nitrogens is 4. The number of hydrogen-bond acceptors (Lipinski definition) is 6. The Morgan fingerprint density at radius 3 is 2.52 bits per heavy atom. The highest BCUT2D eigenvalue weighted by Gasteiger charge is 2.35. The molecule has 0 aliphatic carbocycles. The van der Waals surface area contributed by atoms with Gasteiger partial charge in [-0.15, -0.1) is 0 Å². The molecular formula is C32H28FN5O2. The summed E-state index contributed by atoms with van der Waals surface area (Å²) in [5.74, 6) is 0.623. The van der Waals surface area contributed by atoms with Gasteiger partial charge in [-0.3, -0.25) is 0 Å². The number of aldehydes is 1. The van der Waals surface area contributed by atoms with Crippen LogP contribution in [0.2, 0.25) is 0 Å². The lowest BCUT2D eigenvalue weighted by molar-refractivity contribution is -0.108. The van der Waals surface area contributed by atoms with Crippen LogP contribution in [0.3, 0.4) is 0 Å². The number of para-hydroxylation sites is 1. The van der Waals surface area contributed by atoms with Crippen molar-refractivity contribution in [1.82, 2.24) is 19.7 Å². The van der Waals surface area contributed by atoms with E-state index in [-0.39, 0.29) is 0 Å². The van der Waals surface area contributed by atoms with Crippen LogP contribution < -0.4 is 10.5 Å². The van der Waals surface area contributed by atoms with E-state index in [1.54, 1.807) is 16.8 Å². The number of fused-ring (bicyclic) bond motifs is 2. The van der Waals surface area contributed by atoms with E-state index in [4.69, 9.17) is 15.6 Å². The number of halogens is 1. The van der Waals surface area contributed by atoms with Gasteiger partial charge in [-0.25, -0.2) is 19.0 Å². The Kier molecular flexibility index (Phi) is 6.38. The first kappa shape index (κ1) is 25.4. The predicted molar refractivity (Wildman–Crippen MR) is 153 cm³/mol. The lowest BCUT2D eigenvalue weighted by atomic mass is 9.83. The molecule has 0 fully saturated rings. The molecule has 3 aromatic carbocycles. The molecule has 0 saturated carbocycles. The highest BCUT2D eigenvalue weighted by molar-refractivity contribution is 5.98. The van der Waals surface area contributed by atoms with E-state index in [2.05, 4.69) is 35.9 Å². The molecular weight excluding hydrogens is 505 g/mol. The van der Waals surface area contributed by atoms with E-state index < -0.39 is 17.8 Å². The Labute approximate surface area is 231 Å². The number of ether oxygens (including phenoxy) is 1. The lowest BCUT2D eigenvalue weighted by Gasteiger charge is -2.31. The van der Waals surface area contributed by atoms with E-state index >= 15 is 0 Å². The van der Waals surface area contributed by atoms with Crippen LogP contribution in [0.5, 0.6) is 5.75 Å². The Bertz CT molecular complexity index is 1790. The fourth-order valence-corrected chi connectivity index (χ4v) is 5.37. The summed E-state index contributed by atoms with van der Waals surface area (Å²) in [6.07, 6.45) is 2.28. The summed E-state index contributed by atoms with van der Waals surface area (Å²) >= 11 is 0. The highest BCUT2D eigenvalue weighted by atomic mass is 19.1. The predicted octanol–water partition coefficient (Wildman–Crippen LogP) is 6.69. The number of nitrogens with two attached hydrogens (primary N) is 1. The largest absolute Gasteiger partial charge is 0.459 e. The van der Waals surface area contributed by atoms with Crippen LogP contribution in [0.15, 0.2) is 84.9 Å². The summed E-state index contributed by atoms with van der Waals surface area (Å²) in [5, 5.41) is 5.64. The standard InChI is InChI=1S/C32H28FN5O2/c1-18(2)20-8-6-10-22(14-20)29-28-31(34)35-17-36-32(28)38(37-29)19(3)30-27(21-9-7-11-23(33)15-21)25(16-39)24-12-4-5-13-26(24)40-30/h4-19,25H,1-3H3,(H2,34,35,36). The third-order valence-electron chi connectivity index (χ3n) is 7.41. The first-order valence-corrected chi connectivity index (χ1v) is 13.2. The normalized spacial score (nSPS) is 15.7. The zero-order valence-corrected chi connectivity index (χ0v) is 22.4. The second kappa shape index (κ2) is 10.0. The van der Waals surface area contributed by atoms with Gasteiger partial charge in [-0.1, -0.05) is 62.4 Å². The molecule has 8 heteroatoms. The van der Waals surface area contributed by atoms with Crippen molar-refractivity contribution in [3.8, 4) is 17.0 Å². The Balaban J connectivity index is 1.59. The Hall–Kier alpha value is -4.85. The van der Waals surface area contributed by atoms with Gasteiger partial charge in [0.2, 0.25) is 0 Å². The van der Waals surface area contributed by atoms with E-state index in [1.807, 2.05) is 43.3 Å². The van der Waals surface area contributed by atoms with Crippen LogP contribution in [-0.2, 0) is 4.79 Å². The average Bonchev–Trinajstić information content (AvgIpc) is 3.37. The molecule has 0 spiro atoms. The van der Waals surface area contributed by atoms with Crippen LogP contribution in [0.1, 0.15) is 55.3 Å². The first-order chi connectivity index (χ1) is 19.4. The number of hydrogen-bond donors (Lipinski definition) is 1. The maximum atomic E-state index is 14.4. The number of nitrogens with zero attached hydrogens (tertiary/aromatic N) is 4. The van der Waals surface area contributed by atoms with Gasteiger partial charge in [0.1, 0.15) is 47.5 Å². The van der Waals surface area contributed by atoms with Gasteiger partial charge >= 0.3 is 0 Å². The van der Waals surface area contributed by atoms with Crippen LogP contribution in [0, 0.1) is 5.82 Å². The molecule has 200 valence electrons. The van der Waals surface area contributed by atoms with Gasteiger partial charge in [-0.2, -0.15) is 5.10 Å². The van der Waals surface area contributed by atoms with Gasteiger partial charge < -0.3 is 15.3 Å². The fourth-order valence-electron chi connectivity index (χ4n) is 5.37. The van der Waals surface area contributed by atoms with Crippen molar-refractivity contribution >= 4 is 28.7 Å².